The number of nitrogens with zero attached hydrogens (tertiary/aromatic N) is 2. The van der Waals surface area contributed by atoms with Gasteiger partial charge in [-0.2, -0.15) is 0 Å². The molecule has 5 amide bonds. The molecule has 0 aromatic carbocycles. The Bertz CT molecular complexity index is 673. The van der Waals surface area contributed by atoms with E-state index in [9.17, 15) is 19.2 Å². The first kappa shape index (κ1) is 18.3. The minimum Gasteiger partial charge on any atom is -0.349 e. The molecule has 2 aliphatic heterocycles. The number of rotatable bonds is 4. The van der Waals surface area contributed by atoms with Crippen molar-refractivity contribution in [3.63, 3.8) is 0 Å². The third-order valence-corrected chi connectivity index (χ3v) is 6.75. The molecule has 4 fully saturated rings. The van der Waals surface area contributed by atoms with Crippen LogP contribution in [-0.4, -0.2) is 65.3 Å². The van der Waals surface area contributed by atoms with E-state index in [1.54, 1.807) is 4.90 Å². The van der Waals surface area contributed by atoms with Gasteiger partial charge in [-0.3, -0.25) is 19.3 Å². The Morgan fingerprint density at radius 2 is 2.00 bits per heavy atom. The van der Waals surface area contributed by atoms with Crippen LogP contribution in [0.3, 0.4) is 0 Å². The van der Waals surface area contributed by atoms with Crippen molar-refractivity contribution in [1.82, 2.24) is 20.4 Å². The first-order valence-corrected chi connectivity index (χ1v) is 9.97. The first-order chi connectivity index (χ1) is 12.8. The number of hydrogen-bond acceptors (Lipinski definition) is 4. The number of likely N-dealkylation sites (tertiary alicyclic amines) is 1. The Labute approximate surface area is 159 Å². The van der Waals surface area contributed by atoms with Crippen molar-refractivity contribution in [2.45, 2.75) is 57.4 Å². The van der Waals surface area contributed by atoms with Crippen LogP contribution >= 0.6 is 0 Å². The summed E-state index contributed by atoms with van der Waals surface area (Å²) in [6.45, 7) is 2.62. The number of urea groups is 1. The van der Waals surface area contributed by atoms with Gasteiger partial charge in [-0.1, -0.05) is 6.42 Å². The van der Waals surface area contributed by atoms with Crippen molar-refractivity contribution in [2.24, 2.45) is 11.3 Å². The number of carbonyl (C=O) groups is 4. The molecule has 2 saturated heterocycles. The zero-order chi connectivity index (χ0) is 19.2. The molecule has 8 nitrogen and oxygen atoms in total. The molecule has 0 bridgehead atoms. The monoisotopic (exact) mass is 376 g/mol. The van der Waals surface area contributed by atoms with Crippen LogP contribution in [-0.2, 0) is 14.4 Å². The van der Waals surface area contributed by atoms with Gasteiger partial charge in [-0.05, 0) is 50.9 Å². The fourth-order valence-electron chi connectivity index (χ4n) is 4.83. The van der Waals surface area contributed by atoms with Gasteiger partial charge in [0.2, 0.25) is 11.8 Å². The van der Waals surface area contributed by atoms with E-state index in [0.717, 1.165) is 24.2 Å². The van der Waals surface area contributed by atoms with Gasteiger partial charge in [0.15, 0.2) is 0 Å². The summed E-state index contributed by atoms with van der Waals surface area (Å²) in [5.41, 5.74) is -0.000140. The molecule has 0 radical (unpaired) electrons. The fraction of sp³-hybridized carbons (Fsp3) is 0.789. The van der Waals surface area contributed by atoms with Crippen molar-refractivity contribution in [2.75, 3.05) is 26.2 Å². The number of imide groups is 1. The second-order valence-electron chi connectivity index (χ2n) is 9.05. The maximum absolute atomic E-state index is 12.8. The number of carbonyl (C=O) groups excluding carboxylic acids is 4. The number of hydrogen-bond donors (Lipinski definition) is 2. The maximum atomic E-state index is 12.8. The van der Waals surface area contributed by atoms with Gasteiger partial charge in [-0.25, -0.2) is 4.79 Å². The highest BCUT2D eigenvalue weighted by molar-refractivity contribution is 6.04. The Morgan fingerprint density at radius 3 is 2.67 bits per heavy atom. The quantitative estimate of drug-likeness (QED) is 0.703. The number of amides is 5. The minimum absolute atomic E-state index is 0.0528. The molecule has 4 rings (SSSR count). The third-order valence-electron chi connectivity index (χ3n) is 6.75. The highest BCUT2D eigenvalue weighted by Gasteiger charge is 2.48. The van der Waals surface area contributed by atoms with E-state index in [1.165, 1.54) is 19.3 Å². The SMILES string of the molecule is CC1(NC(=O)C2CCCC3(CC3)C2)CCN(C(=O)CN2C(=O)CNC2=O)C1. The molecule has 2 saturated carbocycles. The summed E-state index contributed by atoms with van der Waals surface area (Å²) >= 11 is 0. The van der Waals surface area contributed by atoms with Gasteiger partial charge in [0.05, 0.1) is 12.1 Å². The molecule has 27 heavy (non-hydrogen) atoms. The van der Waals surface area contributed by atoms with Crippen LogP contribution in [0.2, 0.25) is 0 Å². The van der Waals surface area contributed by atoms with Crippen molar-refractivity contribution < 1.29 is 19.2 Å². The van der Waals surface area contributed by atoms with Crippen molar-refractivity contribution in [1.29, 1.82) is 0 Å². The van der Waals surface area contributed by atoms with Crippen LogP contribution < -0.4 is 10.6 Å². The summed E-state index contributed by atoms with van der Waals surface area (Å²) in [6.07, 6.45) is 7.56. The van der Waals surface area contributed by atoms with Gasteiger partial charge < -0.3 is 15.5 Å². The summed E-state index contributed by atoms with van der Waals surface area (Å²) in [5.74, 6) is -0.427. The van der Waals surface area contributed by atoms with Gasteiger partial charge in [0.25, 0.3) is 5.91 Å². The highest BCUT2D eigenvalue weighted by atomic mass is 16.2. The van der Waals surface area contributed by atoms with Gasteiger partial charge in [0, 0.05) is 19.0 Å². The molecule has 2 N–H and O–H groups in total. The number of nitrogens with one attached hydrogen (secondary N) is 2. The zero-order valence-electron chi connectivity index (χ0n) is 15.9. The largest absolute Gasteiger partial charge is 0.349 e. The maximum Gasteiger partial charge on any atom is 0.325 e. The second-order valence-corrected chi connectivity index (χ2v) is 9.05. The second kappa shape index (κ2) is 6.49. The lowest BCUT2D eigenvalue weighted by molar-refractivity contribution is -0.136. The van der Waals surface area contributed by atoms with Crippen LogP contribution in [0.25, 0.3) is 0 Å². The van der Waals surface area contributed by atoms with Crippen LogP contribution in [0.1, 0.15) is 51.9 Å². The summed E-state index contributed by atoms with van der Waals surface area (Å²) in [4.78, 5) is 51.2. The topological polar surface area (TPSA) is 98.8 Å². The molecule has 2 atom stereocenters. The first-order valence-electron chi connectivity index (χ1n) is 9.97. The molecule has 2 aliphatic carbocycles. The Balaban J connectivity index is 1.31. The molecule has 1 spiro atoms. The van der Waals surface area contributed by atoms with Crippen LogP contribution in [0, 0.1) is 11.3 Å². The Hall–Kier alpha value is -2.12. The van der Waals surface area contributed by atoms with Crippen molar-refractivity contribution in [3.8, 4) is 0 Å². The lowest BCUT2D eigenvalue weighted by Crippen LogP contribution is -2.51. The molecule has 0 aromatic rings. The molecular formula is C19H28N4O4. The normalized spacial score (nSPS) is 32.0. The van der Waals surface area contributed by atoms with Gasteiger partial charge >= 0.3 is 6.03 Å². The fourth-order valence-corrected chi connectivity index (χ4v) is 4.83. The lowest BCUT2D eigenvalue weighted by atomic mass is 9.78. The lowest BCUT2D eigenvalue weighted by Gasteiger charge is -2.32. The summed E-state index contributed by atoms with van der Waals surface area (Å²) in [6, 6.07) is -0.519. The molecule has 4 aliphatic rings. The van der Waals surface area contributed by atoms with E-state index < -0.39 is 11.6 Å². The standard InChI is InChI=1S/C19H28N4O4/c1-18(21-16(26)13-3-2-4-19(9-13)5-6-19)7-8-22(12-18)15(25)11-23-14(24)10-20-17(23)27/h13H,2-12H2,1H3,(H,20,27)(H,21,26). The van der Waals surface area contributed by atoms with E-state index >= 15 is 0 Å². The van der Waals surface area contributed by atoms with Gasteiger partial charge in [-0.15, -0.1) is 0 Å². The summed E-state index contributed by atoms with van der Waals surface area (Å²) in [7, 11) is 0. The summed E-state index contributed by atoms with van der Waals surface area (Å²) < 4.78 is 0. The molecule has 2 heterocycles. The molecular weight excluding hydrogens is 348 g/mol. The van der Waals surface area contributed by atoms with E-state index in [1.807, 2.05) is 6.92 Å². The van der Waals surface area contributed by atoms with E-state index in [0.29, 0.717) is 24.9 Å². The van der Waals surface area contributed by atoms with E-state index in [4.69, 9.17) is 0 Å². The van der Waals surface area contributed by atoms with Crippen LogP contribution in [0.5, 0.6) is 0 Å². The minimum atomic E-state index is -0.519. The average Bonchev–Trinajstić information content (AvgIpc) is 3.13. The van der Waals surface area contributed by atoms with Crippen molar-refractivity contribution >= 4 is 23.8 Å². The smallest absolute Gasteiger partial charge is 0.325 e. The van der Waals surface area contributed by atoms with E-state index in [-0.39, 0.29) is 36.7 Å². The van der Waals surface area contributed by atoms with Crippen LogP contribution in [0.4, 0.5) is 4.79 Å². The van der Waals surface area contributed by atoms with Crippen LogP contribution in [0.15, 0.2) is 0 Å². The molecule has 8 heteroatoms. The summed E-state index contributed by atoms with van der Waals surface area (Å²) in [5, 5.41) is 5.61. The predicted octanol–water partition coefficient (Wildman–Crippen LogP) is 0.616. The average molecular weight is 376 g/mol. The zero-order valence-corrected chi connectivity index (χ0v) is 15.9. The Morgan fingerprint density at radius 1 is 1.22 bits per heavy atom. The van der Waals surface area contributed by atoms with E-state index in [2.05, 4.69) is 10.6 Å². The Kier molecular flexibility index (Phi) is 4.39. The third kappa shape index (κ3) is 3.66. The molecule has 148 valence electrons. The predicted molar refractivity (Wildman–Crippen MR) is 96.5 cm³/mol. The molecule has 2 unspecified atom stereocenters. The van der Waals surface area contributed by atoms with Gasteiger partial charge in [0.1, 0.15) is 6.54 Å². The molecule has 0 aromatic heterocycles. The highest BCUT2D eigenvalue weighted by Crippen LogP contribution is 2.57. The van der Waals surface area contributed by atoms with Crippen molar-refractivity contribution in [3.05, 3.63) is 0 Å².